The maximum Gasteiger partial charge on any atom is 0.170 e. The van der Waals surface area contributed by atoms with Gasteiger partial charge in [-0.05, 0) is 35.5 Å². The molecule has 0 amide bonds. The topological polar surface area (TPSA) is 55.6 Å². The summed E-state index contributed by atoms with van der Waals surface area (Å²) in [6, 6.07) is 9.92. The first-order valence-electron chi connectivity index (χ1n) is 5.95. The van der Waals surface area contributed by atoms with E-state index in [0.29, 0.717) is 6.54 Å². The van der Waals surface area contributed by atoms with E-state index in [4.69, 9.17) is 0 Å². The third-order valence-electron chi connectivity index (χ3n) is 2.53. The Labute approximate surface area is 101 Å². The molecule has 0 spiro atoms. The molecule has 0 saturated heterocycles. The SMILES string of the molecule is CCCCNCc1nnnn1-c1ccccc1. The lowest BCUT2D eigenvalue weighted by Crippen LogP contribution is -2.18. The van der Waals surface area contributed by atoms with Crippen LogP contribution in [0.3, 0.4) is 0 Å². The van der Waals surface area contributed by atoms with Crippen LogP contribution in [0.2, 0.25) is 0 Å². The zero-order valence-corrected chi connectivity index (χ0v) is 10.0. The predicted molar refractivity (Wildman–Crippen MR) is 65.8 cm³/mol. The van der Waals surface area contributed by atoms with Crippen molar-refractivity contribution in [3.05, 3.63) is 36.2 Å². The molecule has 0 fully saturated rings. The Morgan fingerprint density at radius 2 is 2.06 bits per heavy atom. The van der Waals surface area contributed by atoms with Crippen LogP contribution in [-0.2, 0) is 6.54 Å². The van der Waals surface area contributed by atoms with Gasteiger partial charge in [0.1, 0.15) is 0 Å². The summed E-state index contributed by atoms with van der Waals surface area (Å²) < 4.78 is 1.76. The van der Waals surface area contributed by atoms with Crippen molar-refractivity contribution in [2.75, 3.05) is 6.54 Å². The van der Waals surface area contributed by atoms with Crippen molar-refractivity contribution in [3.8, 4) is 5.69 Å². The third kappa shape index (κ3) is 3.10. The van der Waals surface area contributed by atoms with Crippen LogP contribution in [0.15, 0.2) is 30.3 Å². The summed E-state index contributed by atoms with van der Waals surface area (Å²) >= 11 is 0. The fourth-order valence-corrected chi connectivity index (χ4v) is 1.59. The van der Waals surface area contributed by atoms with Crippen molar-refractivity contribution in [3.63, 3.8) is 0 Å². The largest absolute Gasteiger partial charge is 0.310 e. The highest BCUT2D eigenvalue weighted by atomic mass is 15.5. The van der Waals surface area contributed by atoms with Crippen molar-refractivity contribution in [2.24, 2.45) is 0 Å². The molecule has 0 aliphatic rings. The first-order valence-corrected chi connectivity index (χ1v) is 5.95. The third-order valence-corrected chi connectivity index (χ3v) is 2.53. The monoisotopic (exact) mass is 231 g/mol. The summed E-state index contributed by atoms with van der Waals surface area (Å²) in [5, 5.41) is 15.1. The fraction of sp³-hybridized carbons (Fsp3) is 0.417. The second kappa shape index (κ2) is 6.10. The Bertz CT molecular complexity index is 437. The molecular formula is C12H17N5. The number of hydrogen-bond acceptors (Lipinski definition) is 4. The van der Waals surface area contributed by atoms with Gasteiger partial charge in [0.15, 0.2) is 5.82 Å². The number of aromatic nitrogens is 4. The van der Waals surface area contributed by atoms with Gasteiger partial charge in [0, 0.05) is 0 Å². The van der Waals surface area contributed by atoms with E-state index in [2.05, 4.69) is 27.8 Å². The molecule has 0 aliphatic heterocycles. The lowest BCUT2D eigenvalue weighted by molar-refractivity contribution is 0.610. The van der Waals surface area contributed by atoms with Crippen molar-refractivity contribution < 1.29 is 0 Å². The van der Waals surface area contributed by atoms with Gasteiger partial charge in [0.25, 0.3) is 0 Å². The molecule has 2 rings (SSSR count). The maximum atomic E-state index is 4.03. The molecule has 0 bridgehead atoms. The Balaban J connectivity index is 2.02. The maximum absolute atomic E-state index is 4.03. The minimum Gasteiger partial charge on any atom is -0.310 e. The highest BCUT2D eigenvalue weighted by Crippen LogP contribution is 2.06. The standard InChI is InChI=1S/C12H17N5/c1-2-3-9-13-10-12-14-15-16-17(12)11-7-5-4-6-8-11/h4-8,13H,2-3,9-10H2,1H3. The number of benzene rings is 1. The molecule has 0 unspecified atom stereocenters. The van der Waals surface area contributed by atoms with Crippen molar-refractivity contribution in [2.45, 2.75) is 26.3 Å². The van der Waals surface area contributed by atoms with Gasteiger partial charge in [-0.25, -0.2) is 0 Å². The van der Waals surface area contributed by atoms with E-state index in [0.717, 1.165) is 18.1 Å². The highest BCUT2D eigenvalue weighted by molar-refractivity contribution is 5.30. The zero-order chi connectivity index (χ0) is 11.9. The van der Waals surface area contributed by atoms with Crippen LogP contribution in [0.1, 0.15) is 25.6 Å². The van der Waals surface area contributed by atoms with E-state index < -0.39 is 0 Å². The van der Waals surface area contributed by atoms with Gasteiger partial charge in [-0.2, -0.15) is 4.68 Å². The van der Waals surface area contributed by atoms with Crippen molar-refractivity contribution in [1.82, 2.24) is 25.5 Å². The molecule has 0 saturated carbocycles. The molecule has 2 aromatic rings. The molecule has 5 nitrogen and oxygen atoms in total. The number of nitrogens with one attached hydrogen (secondary N) is 1. The van der Waals surface area contributed by atoms with Crippen LogP contribution in [0, 0.1) is 0 Å². The normalized spacial score (nSPS) is 10.6. The zero-order valence-electron chi connectivity index (χ0n) is 10.0. The summed E-state index contributed by atoms with van der Waals surface area (Å²) in [6.45, 7) is 3.87. The summed E-state index contributed by atoms with van der Waals surface area (Å²) in [5.41, 5.74) is 0.991. The smallest absolute Gasteiger partial charge is 0.170 e. The van der Waals surface area contributed by atoms with Gasteiger partial charge >= 0.3 is 0 Å². The van der Waals surface area contributed by atoms with Gasteiger partial charge in [0.05, 0.1) is 12.2 Å². The average molecular weight is 231 g/mol. The van der Waals surface area contributed by atoms with Gasteiger partial charge in [-0.3, -0.25) is 0 Å². The molecule has 0 aliphatic carbocycles. The van der Waals surface area contributed by atoms with Gasteiger partial charge < -0.3 is 5.32 Å². The van der Waals surface area contributed by atoms with Crippen LogP contribution < -0.4 is 5.32 Å². The fourth-order valence-electron chi connectivity index (χ4n) is 1.59. The molecule has 5 heteroatoms. The lowest BCUT2D eigenvalue weighted by Gasteiger charge is -2.05. The Hall–Kier alpha value is -1.75. The van der Waals surface area contributed by atoms with E-state index in [1.165, 1.54) is 12.8 Å². The average Bonchev–Trinajstić information content (AvgIpc) is 2.84. The van der Waals surface area contributed by atoms with Crippen LogP contribution in [-0.4, -0.2) is 26.8 Å². The number of tetrazole rings is 1. The Morgan fingerprint density at radius 3 is 2.82 bits per heavy atom. The summed E-state index contributed by atoms with van der Waals surface area (Å²) in [7, 11) is 0. The summed E-state index contributed by atoms with van der Waals surface area (Å²) in [4.78, 5) is 0. The number of nitrogens with zero attached hydrogens (tertiary/aromatic N) is 4. The molecule has 0 radical (unpaired) electrons. The van der Waals surface area contributed by atoms with Crippen LogP contribution in [0.5, 0.6) is 0 Å². The number of rotatable bonds is 6. The molecule has 1 aromatic carbocycles. The van der Waals surface area contributed by atoms with Crippen LogP contribution in [0.4, 0.5) is 0 Å². The van der Waals surface area contributed by atoms with Crippen molar-refractivity contribution in [1.29, 1.82) is 0 Å². The molecule has 1 N–H and O–H groups in total. The Kier molecular flexibility index (Phi) is 4.21. The van der Waals surface area contributed by atoms with E-state index >= 15 is 0 Å². The van der Waals surface area contributed by atoms with E-state index in [9.17, 15) is 0 Å². The van der Waals surface area contributed by atoms with Gasteiger partial charge in [-0.15, -0.1) is 5.10 Å². The van der Waals surface area contributed by atoms with Gasteiger partial charge in [0.2, 0.25) is 0 Å². The second-order valence-electron chi connectivity index (χ2n) is 3.87. The molecule has 0 atom stereocenters. The van der Waals surface area contributed by atoms with Crippen LogP contribution in [0.25, 0.3) is 5.69 Å². The minimum absolute atomic E-state index is 0.696. The molecule has 17 heavy (non-hydrogen) atoms. The summed E-state index contributed by atoms with van der Waals surface area (Å²) in [6.07, 6.45) is 2.36. The Morgan fingerprint density at radius 1 is 1.24 bits per heavy atom. The first-order chi connectivity index (χ1) is 8.42. The van der Waals surface area contributed by atoms with E-state index in [-0.39, 0.29) is 0 Å². The highest BCUT2D eigenvalue weighted by Gasteiger charge is 2.06. The van der Waals surface area contributed by atoms with Crippen LogP contribution >= 0.6 is 0 Å². The van der Waals surface area contributed by atoms with Crippen molar-refractivity contribution >= 4 is 0 Å². The molecule has 1 heterocycles. The lowest BCUT2D eigenvalue weighted by atomic mass is 10.3. The number of unbranched alkanes of at least 4 members (excludes halogenated alkanes) is 1. The number of hydrogen-bond donors (Lipinski definition) is 1. The molecular weight excluding hydrogens is 214 g/mol. The van der Waals surface area contributed by atoms with Gasteiger partial charge in [-0.1, -0.05) is 31.5 Å². The predicted octanol–water partition coefficient (Wildman–Crippen LogP) is 1.55. The van der Waals surface area contributed by atoms with E-state index in [1.54, 1.807) is 4.68 Å². The molecule has 90 valence electrons. The number of para-hydroxylation sites is 1. The van der Waals surface area contributed by atoms with E-state index in [1.807, 2.05) is 30.3 Å². The summed E-state index contributed by atoms with van der Waals surface area (Å²) in [5.74, 6) is 0.840. The molecule has 1 aromatic heterocycles. The quantitative estimate of drug-likeness (QED) is 0.766. The first kappa shape index (κ1) is 11.7. The second-order valence-corrected chi connectivity index (χ2v) is 3.87. The minimum atomic E-state index is 0.696.